The zero-order valence-electron chi connectivity index (χ0n) is 13.5. The summed E-state index contributed by atoms with van der Waals surface area (Å²) in [6.45, 7) is 7.73. The van der Waals surface area contributed by atoms with Crippen LogP contribution in [0.1, 0.15) is 17.2 Å². The number of aryl methyl sites for hydroxylation is 1. The molecule has 3 heteroatoms. The Bertz CT molecular complexity index is 571. The molecule has 22 heavy (non-hydrogen) atoms. The number of anilines is 1. The van der Waals surface area contributed by atoms with Crippen LogP contribution in [0.25, 0.3) is 0 Å². The number of nitrogens with zero attached hydrogens (tertiary/aromatic N) is 1. The third kappa shape index (κ3) is 3.32. The van der Waals surface area contributed by atoms with Gasteiger partial charge in [0.05, 0.1) is 26.2 Å². The molecule has 0 unspecified atom stereocenters. The van der Waals surface area contributed by atoms with Gasteiger partial charge in [0, 0.05) is 11.3 Å². The molecule has 1 aliphatic heterocycles. The molecule has 1 aliphatic rings. The van der Waals surface area contributed by atoms with Gasteiger partial charge in [-0.15, -0.1) is 0 Å². The number of rotatable bonds is 4. The molecular formula is C19H27N3+2. The molecule has 0 bridgehead atoms. The summed E-state index contributed by atoms with van der Waals surface area (Å²) in [4.78, 5) is 4.17. The van der Waals surface area contributed by atoms with Crippen molar-refractivity contribution < 1.29 is 10.6 Å². The largest absolute Gasteiger partial charge is 0.360 e. The predicted molar refractivity (Wildman–Crippen MR) is 91.0 cm³/mol. The van der Waals surface area contributed by atoms with Crippen molar-refractivity contribution in [3.8, 4) is 0 Å². The van der Waals surface area contributed by atoms with E-state index in [1.165, 1.54) is 29.9 Å². The van der Waals surface area contributed by atoms with E-state index in [1.807, 2.05) is 0 Å². The lowest BCUT2D eigenvalue weighted by Gasteiger charge is -2.36. The molecule has 1 heterocycles. The molecule has 1 atom stereocenters. The minimum atomic E-state index is 0.526. The van der Waals surface area contributed by atoms with Crippen LogP contribution in [-0.2, 0) is 0 Å². The normalized spacial score (nSPS) is 17.5. The van der Waals surface area contributed by atoms with Crippen molar-refractivity contribution in [1.29, 1.82) is 0 Å². The average molecular weight is 297 g/mol. The van der Waals surface area contributed by atoms with Crippen LogP contribution in [0.5, 0.6) is 0 Å². The minimum absolute atomic E-state index is 0.526. The zero-order valence-corrected chi connectivity index (χ0v) is 13.5. The maximum absolute atomic E-state index is 4.20. The Morgan fingerprint density at radius 1 is 1.00 bits per heavy atom. The Balaban J connectivity index is 1.65. The quantitative estimate of drug-likeness (QED) is 0.855. The van der Waals surface area contributed by atoms with E-state index >= 15 is 0 Å². The summed E-state index contributed by atoms with van der Waals surface area (Å²) < 4.78 is 0. The highest BCUT2D eigenvalue weighted by atomic mass is 15.3. The van der Waals surface area contributed by atoms with E-state index in [4.69, 9.17) is 0 Å². The first kappa shape index (κ1) is 15.1. The summed E-state index contributed by atoms with van der Waals surface area (Å²) in [7, 11) is 0. The van der Waals surface area contributed by atoms with Crippen LogP contribution in [-0.4, -0.2) is 32.7 Å². The number of benzene rings is 2. The molecule has 0 aromatic heterocycles. The Morgan fingerprint density at radius 2 is 1.64 bits per heavy atom. The topological polar surface area (TPSA) is 35.3 Å². The second-order valence-corrected chi connectivity index (χ2v) is 6.23. The van der Waals surface area contributed by atoms with Crippen LogP contribution in [0.2, 0.25) is 0 Å². The highest BCUT2D eigenvalue weighted by molar-refractivity contribution is 5.46. The summed E-state index contributed by atoms with van der Waals surface area (Å²) in [5.74, 6) is 0. The lowest BCUT2D eigenvalue weighted by atomic mass is 10.0. The maximum atomic E-state index is 4.20. The van der Waals surface area contributed by atoms with Crippen molar-refractivity contribution in [2.45, 2.75) is 13.0 Å². The van der Waals surface area contributed by atoms with Crippen molar-refractivity contribution in [2.24, 2.45) is 0 Å². The van der Waals surface area contributed by atoms with Crippen molar-refractivity contribution in [3.63, 3.8) is 0 Å². The highest BCUT2D eigenvalue weighted by Crippen LogP contribution is 2.14. The molecule has 2 aromatic carbocycles. The molecule has 0 spiro atoms. The SMILES string of the molecule is Cc1ccc([C@H](C[NH3+])[NH+]2CCN(c3ccccc3)CC2)cc1. The van der Waals surface area contributed by atoms with E-state index in [0.29, 0.717) is 6.04 Å². The first-order chi connectivity index (χ1) is 10.8. The number of hydrogen-bond acceptors (Lipinski definition) is 1. The van der Waals surface area contributed by atoms with E-state index in [9.17, 15) is 0 Å². The van der Waals surface area contributed by atoms with Crippen LogP contribution in [0.15, 0.2) is 54.6 Å². The van der Waals surface area contributed by atoms with E-state index in [1.54, 1.807) is 4.90 Å². The van der Waals surface area contributed by atoms with Gasteiger partial charge in [0.25, 0.3) is 0 Å². The molecule has 0 saturated carbocycles. The summed E-state index contributed by atoms with van der Waals surface area (Å²) in [5.41, 5.74) is 8.32. The third-order valence-electron chi connectivity index (χ3n) is 4.79. The first-order valence-electron chi connectivity index (χ1n) is 8.28. The summed E-state index contributed by atoms with van der Waals surface area (Å²) >= 11 is 0. The summed E-state index contributed by atoms with van der Waals surface area (Å²) in [6.07, 6.45) is 0. The molecule has 2 aromatic rings. The molecule has 1 fully saturated rings. The van der Waals surface area contributed by atoms with E-state index in [-0.39, 0.29) is 0 Å². The van der Waals surface area contributed by atoms with Gasteiger partial charge in [-0.2, -0.15) is 0 Å². The maximum Gasteiger partial charge on any atom is 0.163 e. The van der Waals surface area contributed by atoms with Gasteiger partial charge in [-0.05, 0) is 19.1 Å². The smallest absolute Gasteiger partial charge is 0.163 e. The van der Waals surface area contributed by atoms with E-state index in [0.717, 1.165) is 19.6 Å². The second-order valence-electron chi connectivity index (χ2n) is 6.23. The number of nitrogens with one attached hydrogen (secondary N) is 1. The van der Waals surface area contributed by atoms with Crippen molar-refractivity contribution >= 4 is 5.69 Å². The van der Waals surface area contributed by atoms with Gasteiger partial charge in [0.15, 0.2) is 6.04 Å². The Morgan fingerprint density at radius 3 is 2.23 bits per heavy atom. The van der Waals surface area contributed by atoms with E-state index < -0.39 is 0 Å². The lowest BCUT2D eigenvalue weighted by Crippen LogP contribution is -3.16. The minimum Gasteiger partial charge on any atom is -0.360 e. The Hall–Kier alpha value is -1.84. The zero-order chi connectivity index (χ0) is 15.4. The van der Waals surface area contributed by atoms with Crippen LogP contribution in [0, 0.1) is 6.92 Å². The molecule has 3 rings (SSSR count). The van der Waals surface area contributed by atoms with Gasteiger partial charge >= 0.3 is 0 Å². The Kier molecular flexibility index (Phi) is 4.76. The fraction of sp³-hybridized carbons (Fsp3) is 0.368. The fourth-order valence-electron chi connectivity index (χ4n) is 3.44. The van der Waals surface area contributed by atoms with Crippen LogP contribution in [0.3, 0.4) is 0 Å². The predicted octanol–water partition coefficient (Wildman–Crippen LogP) is 0.683. The van der Waals surface area contributed by atoms with Crippen LogP contribution >= 0.6 is 0 Å². The molecular weight excluding hydrogens is 270 g/mol. The molecule has 0 amide bonds. The van der Waals surface area contributed by atoms with Crippen LogP contribution in [0.4, 0.5) is 5.69 Å². The number of quaternary nitrogens is 2. The standard InChI is InChI=1S/C19H25N3/c1-16-7-9-17(10-8-16)19(15-20)22-13-11-21(12-14-22)18-5-3-2-4-6-18/h2-10,19H,11-15,20H2,1H3/p+2/t19-/m0/s1. The Labute approximate surface area is 133 Å². The fourth-order valence-corrected chi connectivity index (χ4v) is 3.44. The van der Waals surface area contributed by atoms with E-state index in [2.05, 4.69) is 72.2 Å². The van der Waals surface area contributed by atoms with Crippen LogP contribution < -0.4 is 15.5 Å². The monoisotopic (exact) mass is 297 g/mol. The molecule has 4 N–H and O–H groups in total. The van der Waals surface area contributed by atoms with Crippen molar-refractivity contribution in [1.82, 2.24) is 0 Å². The number of hydrogen-bond donors (Lipinski definition) is 2. The lowest BCUT2D eigenvalue weighted by molar-refractivity contribution is -0.938. The van der Waals surface area contributed by atoms with Crippen molar-refractivity contribution in [3.05, 3.63) is 65.7 Å². The molecule has 0 aliphatic carbocycles. The van der Waals surface area contributed by atoms with Gasteiger partial charge in [-0.1, -0.05) is 48.0 Å². The van der Waals surface area contributed by atoms with Gasteiger partial charge < -0.3 is 15.5 Å². The number of para-hydroxylation sites is 1. The number of piperazine rings is 1. The molecule has 3 nitrogen and oxygen atoms in total. The summed E-state index contributed by atoms with van der Waals surface area (Å²) in [5, 5.41) is 0. The highest BCUT2D eigenvalue weighted by Gasteiger charge is 2.28. The average Bonchev–Trinajstić information content (AvgIpc) is 2.59. The van der Waals surface area contributed by atoms with Gasteiger partial charge in [-0.3, -0.25) is 0 Å². The first-order valence-corrected chi connectivity index (χ1v) is 8.28. The van der Waals surface area contributed by atoms with Crippen molar-refractivity contribution in [2.75, 3.05) is 37.6 Å². The van der Waals surface area contributed by atoms with Gasteiger partial charge in [0.1, 0.15) is 6.54 Å². The molecule has 0 radical (unpaired) electrons. The van der Waals surface area contributed by atoms with Gasteiger partial charge in [-0.25, -0.2) is 0 Å². The molecule has 116 valence electrons. The third-order valence-corrected chi connectivity index (χ3v) is 4.79. The molecule has 1 saturated heterocycles. The second kappa shape index (κ2) is 6.95. The van der Waals surface area contributed by atoms with Gasteiger partial charge in [0.2, 0.25) is 0 Å². The summed E-state index contributed by atoms with van der Waals surface area (Å²) in [6, 6.07) is 20.3.